The molecular formula is C19H23NO. The number of nitrogens with one attached hydrogen (secondary N) is 1. The normalized spacial score (nSPS) is 11.1. The fourth-order valence-electron chi connectivity index (χ4n) is 2.12. The van der Waals surface area contributed by atoms with Crippen molar-refractivity contribution in [3.8, 4) is 11.1 Å². The van der Waals surface area contributed by atoms with Crippen LogP contribution in [0.15, 0.2) is 60.7 Å². The summed E-state index contributed by atoms with van der Waals surface area (Å²) in [6.07, 6.45) is 5.41. The van der Waals surface area contributed by atoms with Crippen molar-refractivity contribution >= 4 is 6.08 Å². The molecule has 0 aliphatic heterocycles. The third-order valence-corrected chi connectivity index (χ3v) is 3.30. The smallest absolute Gasteiger partial charge is 0.0587 e. The third kappa shape index (κ3) is 5.54. The van der Waals surface area contributed by atoms with Gasteiger partial charge in [0, 0.05) is 13.7 Å². The van der Waals surface area contributed by atoms with Crippen LogP contribution < -0.4 is 5.32 Å². The van der Waals surface area contributed by atoms with Gasteiger partial charge in [-0.1, -0.05) is 66.7 Å². The Labute approximate surface area is 127 Å². The van der Waals surface area contributed by atoms with Crippen molar-refractivity contribution in [2.45, 2.75) is 6.42 Å². The maximum Gasteiger partial charge on any atom is 0.0587 e. The van der Waals surface area contributed by atoms with Crippen molar-refractivity contribution < 1.29 is 4.74 Å². The van der Waals surface area contributed by atoms with E-state index in [-0.39, 0.29) is 0 Å². The fraction of sp³-hybridized carbons (Fsp3) is 0.263. The Bertz CT molecular complexity index is 531. The van der Waals surface area contributed by atoms with E-state index in [0.717, 1.165) is 26.1 Å². The van der Waals surface area contributed by atoms with Gasteiger partial charge in [-0.2, -0.15) is 0 Å². The zero-order valence-electron chi connectivity index (χ0n) is 12.6. The Hall–Kier alpha value is -1.90. The summed E-state index contributed by atoms with van der Waals surface area (Å²) in [5, 5.41) is 3.33. The molecule has 0 spiro atoms. The van der Waals surface area contributed by atoms with Crippen LogP contribution in [-0.2, 0) is 4.74 Å². The molecule has 0 radical (unpaired) electrons. The van der Waals surface area contributed by atoms with E-state index in [1.54, 1.807) is 7.11 Å². The van der Waals surface area contributed by atoms with Crippen LogP contribution in [0.4, 0.5) is 0 Å². The van der Waals surface area contributed by atoms with Gasteiger partial charge < -0.3 is 10.1 Å². The predicted molar refractivity (Wildman–Crippen MR) is 90.3 cm³/mol. The summed E-state index contributed by atoms with van der Waals surface area (Å²) in [6.45, 7) is 2.67. The first-order chi connectivity index (χ1) is 10.4. The first-order valence-corrected chi connectivity index (χ1v) is 7.42. The molecule has 21 heavy (non-hydrogen) atoms. The fourth-order valence-corrected chi connectivity index (χ4v) is 2.12. The number of hydrogen-bond acceptors (Lipinski definition) is 2. The predicted octanol–water partition coefficient (Wildman–Crippen LogP) is 3.99. The average Bonchev–Trinajstić information content (AvgIpc) is 2.55. The molecule has 110 valence electrons. The van der Waals surface area contributed by atoms with E-state index >= 15 is 0 Å². The second-order valence-corrected chi connectivity index (χ2v) is 4.92. The van der Waals surface area contributed by atoms with Crippen LogP contribution in [0, 0.1) is 0 Å². The summed E-state index contributed by atoms with van der Waals surface area (Å²) in [4.78, 5) is 0. The molecule has 2 aromatic carbocycles. The van der Waals surface area contributed by atoms with Gasteiger partial charge in [0.15, 0.2) is 0 Å². The molecule has 0 saturated heterocycles. The lowest BCUT2D eigenvalue weighted by Gasteiger charge is -2.02. The van der Waals surface area contributed by atoms with Gasteiger partial charge in [0.05, 0.1) is 6.61 Å². The molecule has 0 aromatic heterocycles. The largest absolute Gasteiger partial charge is 0.383 e. The summed E-state index contributed by atoms with van der Waals surface area (Å²) in [6, 6.07) is 19.1. The minimum Gasteiger partial charge on any atom is -0.383 e. The summed E-state index contributed by atoms with van der Waals surface area (Å²) in [5.41, 5.74) is 3.76. The molecular weight excluding hydrogens is 258 g/mol. The second-order valence-electron chi connectivity index (χ2n) is 4.92. The van der Waals surface area contributed by atoms with E-state index in [1.807, 2.05) is 6.07 Å². The van der Waals surface area contributed by atoms with Crippen LogP contribution in [0.2, 0.25) is 0 Å². The van der Waals surface area contributed by atoms with Crippen molar-refractivity contribution in [1.82, 2.24) is 5.32 Å². The molecule has 0 aliphatic carbocycles. The van der Waals surface area contributed by atoms with Crippen LogP contribution in [0.3, 0.4) is 0 Å². The van der Waals surface area contributed by atoms with E-state index in [2.05, 4.69) is 66.0 Å². The van der Waals surface area contributed by atoms with Crippen LogP contribution in [0.1, 0.15) is 12.0 Å². The van der Waals surface area contributed by atoms with Gasteiger partial charge in [-0.05, 0) is 29.7 Å². The Balaban J connectivity index is 1.80. The Kier molecular flexibility index (Phi) is 6.72. The number of methoxy groups -OCH3 is 1. The molecule has 2 nitrogen and oxygen atoms in total. The molecule has 0 aliphatic rings. The molecule has 2 aromatic rings. The number of ether oxygens (including phenoxy) is 1. The molecule has 0 atom stereocenters. The minimum absolute atomic E-state index is 0.769. The maximum atomic E-state index is 4.98. The molecule has 0 bridgehead atoms. The van der Waals surface area contributed by atoms with E-state index in [4.69, 9.17) is 4.74 Å². The summed E-state index contributed by atoms with van der Waals surface area (Å²) >= 11 is 0. The summed E-state index contributed by atoms with van der Waals surface area (Å²) in [5.74, 6) is 0. The highest BCUT2D eigenvalue weighted by Crippen LogP contribution is 2.19. The lowest BCUT2D eigenvalue weighted by molar-refractivity contribution is 0.199. The minimum atomic E-state index is 0.769. The molecule has 0 unspecified atom stereocenters. The first-order valence-electron chi connectivity index (χ1n) is 7.42. The highest BCUT2D eigenvalue weighted by Gasteiger charge is 1.95. The molecule has 2 rings (SSSR count). The molecule has 0 heterocycles. The second kappa shape index (κ2) is 9.11. The molecule has 0 saturated carbocycles. The SMILES string of the molecule is COCCNCCC=Cc1ccc(-c2ccccc2)cc1. The number of rotatable bonds is 8. The standard InChI is InChI=1S/C19H23NO/c1-21-16-15-20-14-6-5-7-17-10-12-19(13-11-17)18-8-3-2-4-9-18/h2-5,7-13,20H,6,14-16H2,1H3. The monoisotopic (exact) mass is 281 g/mol. The quantitative estimate of drug-likeness (QED) is 0.739. The molecule has 1 N–H and O–H groups in total. The topological polar surface area (TPSA) is 21.3 Å². The Morgan fingerprint density at radius 1 is 0.905 bits per heavy atom. The van der Waals surface area contributed by atoms with Gasteiger partial charge in [-0.3, -0.25) is 0 Å². The first kappa shape index (κ1) is 15.5. The van der Waals surface area contributed by atoms with Gasteiger partial charge >= 0.3 is 0 Å². The van der Waals surface area contributed by atoms with Crippen LogP contribution >= 0.6 is 0 Å². The Morgan fingerprint density at radius 3 is 2.33 bits per heavy atom. The Morgan fingerprint density at radius 2 is 1.62 bits per heavy atom. The molecule has 2 heteroatoms. The lowest BCUT2D eigenvalue weighted by Crippen LogP contribution is -2.19. The van der Waals surface area contributed by atoms with Gasteiger partial charge in [-0.25, -0.2) is 0 Å². The van der Waals surface area contributed by atoms with Gasteiger partial charge in [0.2, 0.25) is 0 Å². The summed E-state index contributed by atoms with van der Waals surface area (Å²) in [7, 11) is 1.72. The highest BCUT2D eigenvalue weighted by molar-refractivity contribution is 5.65. The van der Waals surface area contributed by atoms with E-state index < -0.39 is 0 Å². The zero-order chi connectivity index (χ0) is 14.8. The van der Waals surface area contributed by atoms with Gasteiger partial charge in [-0.15, -0.1) is 0 Å². The van der Waals surface area contributed by atoms with Crippen molar-refractivity contribution in [1.29, 1.82) is 0 Å². The zero-order valence-corrected chi connectivity index (χ0v) is 12.6. The van der Waals surface area contributed by atoms with E-state index in [9.17, 15) is 0 Å². The summed E-state index contributed by atoms with van der Waals surface area (Å²) < 4.78 is 4.98. The van der Waals surface area contributed by atoms with E-state index in [0.29, 0.717) is 0 Å². The average molecular weight is 281 g/mol. The van der Waals surface area contributed by atoms with Crippen LogP contribution in [0.25, 0.3) is 17.2 Å². The van der Waals surface area contributed by atoms with Gasteiger partial charge in [0.1, 0.15) is 0 Å². The van der Waals surface area contributed by atoms with E-state index in [1.165, 1.54) is 16.7 Å². The van der Waals surface area contributed by atoms with Crippen molar-refractivity contribution in [2.24, 2.45) is 0 Å². The molecule has 0 fully saturated rings. The van der Waals surface area contributed by atoms with Crippen molar-refractivity contribution in [2.75, 3.05) is 26.8 Å². The number of benzene rings is 2. The lowest BCUT2D eigenvalue weighted by atomic mass is 10.0. The highest BCUT2D eigenvalue weighted by atomic mass is 16.5. The van der Waals surface area contributed by atoms with Crippen molar-refractivity contribution in [3.05, 3.63) is 66.2 Å². The van der Waals surface area contributed by atoms with Crippen LogP contribution in [-0.4, -0.2) is 26.8 Å². The number of hydrogen-bond donors (Lipinski definition) is 1. The third-order valence-electron chi connectivity index (χ3n) is 3.30. The van der Waals surface area contributed by atoms with Gasteiger partial charge in [0.25, 0.3) is 0 Å². The molecule has 0 amide bonds. The van der Waals surface area contributed by atoms with Crippen molar-refractivity contribution in [3.63, 3.8) is 0 Å². The maximum absolute atomic E-state index is 4.98. The van der Waals surface area contributed by atoms with Crippen LogP contribution in [0.5, 0.6) is 0 Å².